The van der Waals surface area contributed by atoms with Gasteiger partial charge in [0.05, 0.1) is 0 Å². The van der Waals surface area contributed by atoms with E-state index in [4.69, 9.17) is 0 Å². The maximum absolute atomic E-state index is 11.5. The lowest BCUT2D eigenvalue weighted by atomic mass is 10.4. The highest BCUT2D eigenvalue weighted by atomic mass is 127. The number of nitrogens with one attached hydrogen (secondary N) is 2. The Bertz CT molecular complexity index is 454. The molecule has 22 heavy (non-hydrogen) atoms. The minimum Gasteiger partial charge on any atom is -0.356 e. The van der Waals surface area contributed by atoms with Crippen molar-refractivity contribution in [3.63, 3.8) is 0 Å². The lowest BCUT2D eigenvalue weighted by Gasteiger charge is -2.13. The highest BCUT2D eigenvalue weighted by Gasteiger charge is 2.04. The Morgan fingerprint density at radius 1 is 1.18 bits per heavy atom. The van der Waals surface area contributed by atoms with Crippen LogP contribution >= 0.6 is 35.7 Å². The standard InChI is InChI=1S/C15H24N4OS.HI/c1-16-15(17-10-9-14(20)19(2)3)18-11-12-21-13-7-5-4-6-8-13;/h4-8H,9-12H2,1-3H3,(H2,16,17,18);1H. The molecule has 0 aromatic heterocycles. The largest absolute Gasteiger partial charge is 0.356 e. The molecule has 0 fully saturated rings. The Morgan fingerprint density at radius 3 is 2.41 bits per heavy atom. The molecular formula is C15H25IN4OS. The van der Waals surface area contributed by atoms with Crippen LogP contribution in [0.25, 0.3) is 0 Å². The minimum atomic E-state index is 0. The zero-order valence-electron chi connectivity index (χ0n) is 13.3. The molecule has 0 spiro atoms. The quantitative estimate of drug-likeness (QED) is 0.226. The highest BCUT2D eigenvalue weighted by molar-refractivity contribution is 14.0. The Hall–Kier alpha value is -0.960. The number of carbonyl (C=O) groups is 1. The van der Waals surface area contributed by atoms with E-state index in [9.17, 15) is 4.79 Å². The fraction of sp³-hybridized carbons (Fsp3) is 0.467. The normalized spacial score (nSPS) is 10.6. The second kappa shape index (κ2) is 12.6. The SMILES string of the molecule is CN=C(NCCSc1ccccc1)NCCC(=O)N(C)C.I. The molecule has 0 atom stereocenters. The van der Waals surface area contributed by atoms with Crippen LogP contribution in [0.4, 0.5) is 0 Å². The smallest absolute Gasteiger partial charge is 0.223 e. The van der Waals surface area contributed by atoms with E-state index in [0.29, 0.717) is 13.0 Å². The van der Waals surface area contributed by atoms with Crippen LogP contribution in [0.15, 0.2) is 40.2 Å². The van der Waals surface area contributed by atoms with Gasteiger partial charge >= 0.3 is 0 Å². The van der Waals surface area contributed by atoms with Crippen molar-refractivity contribution in [1.29, 1.82) is 0 Å². The van der Waals surface area contributed by atoms with Crippen molar-refractivity contribution in [2.75, 3.05) is 40.0 Å². The van der Waals surface area contributed by atoms with E-state index in [1.807, 2.05) is 18.2 Å². The summed E-state index contributed by atoms with van der Waals surface area (Å²) in [5, 5.41) is 6.37. The molecule has 0 saturated heterocycles. The zero-order chi connectivity index (χ0) is 15.5. The number of rotatable bonds is 7. The van der Waals surface area contributed by atoms with Gasteiger partial charge in [-0.3, -0.25) is 9.79 Å². The number of hydrogen-bond donors (Lipinski definition) is 2. The summed E-state index contributed by atoms with van der Waals surface area (Å²) in [7, 11) is 5.25. The van der Waals surface area contributed by atoms with Gasteiger partial charge in [-0.25, -0.2) is 0 Å². The van der Waals surface area contributed by atoms with Gasteiger partial charge in [-0.05, 0) is 12.1 Å². The van der Waals surface area contributed by atoms with Gasteiger partial charge < -0.3 is 15.5 Å². The van der Waals surface area contributed by atoms with Crippen LogP contribution in [0.5, 0.6) is 0 Å². The average molecular weight is 436 g/mol. The van der Waals surface area contributed by atoms with E-state index in [1.54, 1.807) is 37.8 Å². The summed E-state index contributed by atoms with van der Waals surface area (Å²) in [5.74, 6) is 1.80. The van der Waals surface area contributed by atoms with Crippen LogP contribution in [0, 0.1) is 0 Å². The number of benzene rings is 1. The fourth-order valence-corrected chi connectivity index (χ4v) is 2.38. The molecule has 1 amide bonds. The molecule has 0 heterocycles. The summed E-state index contributed by atoms with van der Waals surface area (Å²) in [5.41, 5.74) is 0. The molecule has 1 aromatic rings. The topological polar surface area (TPSA) is 56.7 Å². The first-order valence-corrected chi connectivity index (χ1v) is 7.94. The number of guanidine groups is 1. The first kappa shape index (κ1) is 21.0. The van der Waals surface area contributed by atoms with Crippen molar-refractivity contribution < 1.29 is 4.79 Å². The summed E-state index contributed by atoms with van der Waals surface area (Å²) < 4.78 is 0. The second-order valence-corrected chi connectivity index (χ2v) is 5.79. The number of nitrogens with zero attached hydrogens (tertiary/aromatic N) is 2. The third-order valence-corrected chi connectivity index (χ3v) is 3.77. The van der Waals surface area contributed by atoms with Gasteiger partial charge in [-0.15, -0.1) is 35.7 Å². The lowest BCUT2D eigenvalue weighted by molar-refractivity contribution is -0.128. The van der Waals surface area contributed by atoms with Crippen molar-refractivity contribution in [3.8, 4) is 0 Å². The molecule has 0 aliphatic carbocycles. The molecular weight excluding hydrogens is 411 g/mol. The number of halogens is 1. The molecule has 0 unspecified atom stereocenters. The van der Waals surface area contributed by atoms with E-state index < -0.39 is 0 Å². The van der Waals surface area contributed by atoms with Crippen LogP contribution in [0.1, 0.15) is 6.42 Å². The van der Waals surface area contributed by atoms with E-state index in [2.05, 4.69) is 27.8 Å². The maximum atomic E-state index is 11.5. The molecule has 0 saturated carbocycles. The molecule has 5 nitrogen and oxygen atoms in total. The van der Waals surface area contributed by atoms with Gasteiger partial charge in [0.25, 0.3) is 0 Å². The lowest BCUT2D eigenvalue weighted by Crippen LogP contribution is -2.40. The summed E-state index contributed by atoms with van der Waals surface area (Å²) in [6.45, 7) is 1.41. The number of aliphatic imine (C=N–C) groups is 1. The van der Waals surface area contributed by atoms with E-state index >= 15 is 0 Å². The number of hydrogen-bond acceptors (Lipinski definition) is 3. The predicted molar refractivity (Wildman–Crippen MR) is 105 cm³/mol. The van der Waals surface area contributed by atoms with Crippen molar-refractivity contribution in [2.45, 2.75) is 11.3 Å². The minimum absolute atomic E-state index is 0. The molecule has 0 aliphatic rings. The number of carbonyl (C=O) groups excluding carboxylic acids is 1. The third-order valence-electron chi connectivity index (χ3n) is 2.76. The van der Waals surface area contributed by atoms with Gasteiger partial charge in [0.1, 0.15) is 0 Å². The summed E-state index contributed by atoms with van der Waals surface area (Å²) in [4.78, 5) is 18.4. The average Bonchev–Trinajstić information content (AvgIpc) is 2.50. The molecule has 1 rings (SSSR count). The monoisotopic (exact) mass is 436 g/mol. The van der Waals surface area contributed by atoms with Gasteiger partial charge in [0.15, 0.2) is 5.96 Å². The number of thioether (sulfide) groups is 1. The Balaban J connectivity index is 0.00000441. The van der Waals surface area contributed by atoms with Crippen molar-refractivity contribution in [1.82, 2.24) is 15.5 Å². The van der Waals surface area contributed by atoms with Gasteiger partial charge in [-0.2, -0.15) is 0 Å². The highest BCUT2D eigenvalue weighted by Crippen LogP contribution is 2.15. The van der Waals surface area contributed by atoms with Gasteiger partial charge in [0, 0.05) is 51.3 Å². The van der Waals surface area contributed by atoms with Gasteiger partial charge in [0.2, 0.25) is 5.91 Å². The Morgan fingerprint density at radius 2 is 1.82 bits per heavy atom. The molecule has 7 heteroatoms. The van der Waals surface area contributed by atoms with Gasteiger partial charge in [-0.1, -0.05) is 18.2 Å². The first-order chi connectivity index (χ1) is 10.1. The molecule has 1 aromatic carbocycles. The molecule has 0 radical (unpaired) electrons. The van der Waals surface area contributed by atoms with Crippen molar-refractivity contribution >= 4 is 47.6 Å². The fourth-order valence-electron chi connectivity index (χ4n) is 1.59. The molecule has 124 valence electrons. The maximum Gasteiger partial charge on any atom is 0.223 e. The summed E-state index contributed by atoms with van der Waals surface area (Å²) >= 11 is 1.80. The van der Waals surface area contributed by atoms with Crippen molar-refractivity contribution in [2.24, 2.45) is 4.99 Å². The molecule has 0 bridgehead atoms. The van der Waals surface area contributed by atoms with E-state index in [1.165, 1.54) is 4.90 Å². The predicted octanol–water partition coefficient (Wildman–Crippen LogP) is 2.04. The molecule has 2 N–H and O–H groups in total. The van der Waals surface area contributed by atoms with Crippen LogP contribution in [-0.2, 0) is 4.79 Å². The Kier molecular flexibility index (Phi) is 12.0. The number of amides is 1. The second-order valence-electron chi connectivity index (χ2n) is 4.63. The van der Waals surface area contributed by atoms with Crippen LogP contribution < -0.4 is 10.6 Å². The summed E-state index contributed by atoms with van der Waals surface area (Å²) in [6, 6.07) is 10.3. The summed E-state index contributed by atoms with van der Waals surface area (Å²) in [6.07, 6.45) is 0.465. The Labute approximate surface area is 154 Å². The van der Waals surface area contributed by atoms with Crippen molar-refractivity contribution in [3.05, 3.63) is 30.3 Å². The van der Waals surface area contributed by atoms with E-state index in [0.717, 1.165) is 18.3 Å². The third kappa shape index (κ3) is 9.14. The van der Waals surface area contributed by atoms with Crippen LogP contribution in [0.3, 0.4) is 0 Å². The van der Waals surface area contributed by atoms with Crippen LogP contribution in [-0.4, -0.2) is 56.8 Å². The molecule has 0 aliphatic heterocycles. The zero-order valence-corrected chi connectivity index (χ0v) is 16.5. The first-order valence-electron chi connectivity index (χ1n) is 6.96. The van der Waals surface area contributed by atoms with E-state index in [-0.39, 0.29) is 29.9 Å². The van der Waals surface area contributed by atoms with Crippen LogP contribution in [0.2, 0.25) is 0 Å².